The zero-order valence-electron chi connectivity index (χ0n) is 11.0. The molecule has 0 bridgehead atoms. The quantitative estimate of drug-likeness (QED) is 0.718. The summed E-state index contributed by atoms with van der Waals surface area (Å²) in [4.78, 5) is 0. The summed E-state index contributed by atoms with van der Waals surface area (Å²) < 4.78 is 4.69. The van der Waals surface area contributed by atoms with Crippen molar-refractivity contribution in [3.8, 4) is 0 Å². The molecule has 0 saturated carbocycles. The number of benzene rings is 2. The Hall–Kier alpha value is -2.00. The molecule has 1 aromatic heterocycles. The minimum atomic E-state index is 0.781. The van der Waals surface area contributed by atoms with Gasteiger partial charge in [0.05, 0.1) is 13.1 Å². The lowest BCUT2D eigenvalue weighted by molar-refractivity contribution is -0.644. The normalized spacial score (nSPS) is 13.4. The van der Waals surface area contributed by atoms with Crippen molar-refractivity contribution in [1.82, 2.24) is 4.57 Å². The Morgan fingerprint density at radius 1 is 1.10 bits per heavy atom. The van der Waals surface area contributed by atoms with E-state index in [1.165, 1.54) is 22.5 Å². The van der Waals surface area contributed by atoms with Crippen molar-refractivity contribution in [2.75, 3.05) is 11.9 Å². The fourth-order valence-corrected chi connectivity index (χ4v) is 3.05. The molecule has 3 nitrogen and oxygen atoms in total. The van der Waals surface area contributed by atoms with Crippen molar-refractivity contribution in [2.45, 2.75) is 13.1 Å². The molecule has 0 aliphatic carbocycles. The molecule has 20 heavy (non-hydrogen) atoms. The number of nitrogens with one attached hydrogen (secondary N) is 1. The van der Waals surface area contributed by atoms with Crippen molar-refractivity contribution in [3.05, 3.63) is 59.1 Å². The number of fused-ring (bicyclic) bond motifs is 3. The van der Waals surface area contributed by atoms with Gasteiger partial charge in [0.25, 0.3) is 0 Å². The van der Waals surface area contributed by atoms with Crippen LogP contribution in [0.2, 0.25) is 5.02 Å². The zero-order chi connectivity index (χ0) is 13.5. The van der Waals surface area contributed by atoms with E-state index >= 15 is 0 Å². The minimum Gasteiger partial charge on any atom is -0.274 e. The first-order chi connectivity index (χ1) is 9.83. The largest absolute Gasteiger partial charge is 0.358 e. The minimum absolute atomic E-state index is 0.781. The zero-order valence-corrected chi connectivity index (χ0v) is 11.8. The molecule has 1 aliphatic rings. The lowest BCUT2D eigenvalue weighted by atomic mass is 10.2. The van der Waals surface area contributed by atoms with Gasteiger partial charge in [0, 0.05) is 5.02 Å². The van der Waals surface area contributed by atoms with E-state index in [0.29, 0.717) is 0 Å². The lowest BCUT2D eigenvalue weighted by Crippen LogP contribution is -2.29. The first kappa shape index (κ1) is 11.8. The summed E-state index contributed by atoms with van der Waals surface area (Å²) in [5, 5.41) is 4.27. The monoisotopic (exact) mass is 284 g/mol. The number of para-hydroxylation sites is 2. The van der Waals surface area contributed by atoms with Crippen molar-refractivity contribution in [1.29, 1.82) is 0 Å². The van der Waals surface area contributed by atoms with Crippen LogP contribution in [0, 0.1) is 0 Å². The highest BCUT2D eigenvalue weighted by molar-refractivity contribution is 6.30. The molecular weight excluding hydrogens is 270 g/mol. The topological polar surface area (TPSA) is 20.8 Å². The van der Waals surface area contributed by atoms with Crippen molar-refractivity contribution < 1.29 is 4.57 Å². The van der Waals surface area contributed by atoms with E-state index < -0.39 is 0 Å². The molecule has 1 aliphatic heterocycles. The fraction of sp³-hybridized carbons (Fsp3) is 0.188. The molecule has 2 aromatic carbocycles. The predicted molar refractivity (Wildman–Crippen MR) is 81.2 cm³/mol. The number of imidazole rings is 1. The summed E-state index contributed by atoms with van der Waals surface area (Å²) in [7, 11) is 0. The van der Waals surface area contributed by atoms with Gasteiger partial charge in [0.1, 0.15) is 17.6 Å². The van der Waals surface area contributed by atoms with E-state index in [1.807, 2.05) is 12.1 Å². The number of hydrogen-bond acceptors (Lipinski definition) is 1. The van der Waals surface area contributed by atoms with Crippen molar-refractivity contribution in [2.24, 2.45) is 0 Å². The number of nitrogens with zero attached hydrogens (tertiary/aromatic N) is 2. The number of rotatable bonds is 2. The highest BCUT2D eigenvalue weighted by Gasteiger charge is 2.27. The molecule has 0 amide bonds. The second kappa shape index (κ2) is 4.53. The Labute approximate surface area is 122 Å². The third-order valence-corrected chi connectivity index (χ3v) is 4.10. The number of anilines is 1. The second-order valence-electron chi connectivity index (χ2n) is 5.10. The van der Waals surface area contributed by atoms with Gasteiger partial charge < -0.3 is 0 Å². The summed E-state index contributed by atoms with van der Waals surface area (Å²) in [5.41, 5.74) is 3.82. The Morgan fingerprint density at radius 2 is 1.90 bits per heavy atom. The molecule has 0 radical (unpaired) electrons. The number of aromatic nitrogens is 2. The van der Waals surface area contributed by atoms with E-state index in [9.17, 15) is 0 Å². The molecule has 4 heteroatoms. The molecule has 0 unspecified atom stereocenters. The maximum atomic E-state index is 5.96. The van der Waals surface area contributed by atoms with E-state index in [4.69, 9.17) is 11.6 Å². The molecule has 3 aromatic rings. The molecule has 0 spiro atoms. The van der Waals surface area contributed by atoms with Crippen LogP contribution in [0.15, 0.2) is 48.5 Å². The highest BCUT2D eigenvalue weighted by Crippen LogP contribution is 2.22. The van der Waals surface area contributed by atoms with Crippen LogP contribution in [0.4, 0.5) is 5.95 Å². The van der Waals surface area contributed by atoms with Gasteiger partial charge in [0.15, 0.2) is 0 Å². The third kappa shape index (κ3) is 1.78. The average Bonchev–Trinajstić information content (AvgIpc) is 3.05. The maximum Gasteiger partial charge on any atom is 0.358 e. The molecule has 0 saturated heterocycles. The Kier molecular flexibility index (Phi) is 2.67. The molecule has 1 N–H and O–H groups in total. The summed E-state index contributed by atoms with van der Waals surface area (Å²) in [6.07, 6.45) is 0. The van der Waals surface area contributed by atoms with Crippen LogP contribution in [0.25, 0.3) is 11.0 Å². The first-order valence-electron chi connectivity index (χ1n) is 6.82. The first-order valence-corrected chi connectivity index (χ1v) is 7.20. The Balaban J connectivity index is 1.85. The second-order valence-corrected chi connectivity index (χ2v) is 5.54. The van der Waals surface area contributed by atoms with Crippen LogP contribution in [0.1, 0.15) is 5.56 Å². The lowest BCUT2D eigenvalue weighted by Gasteiger charge is -2.03. The van der Waals surface area contributed by atoms with Crippen LogP contribution in [-0.2, 0) is 13.1 Å². The van der Waals surface area contributed by atoms with E-state index in [0.717, 1.165) is 24.7 Å². The van der Waals surface area contributed by atoms with Gasteiger partial charge >= 0.3 is 5.95 Å². The fourth-order valence-electron chi connectivity index (χ4n) is 2.92. The summed E-state index contributed by atoms with van der Waals surface area (Å²) >= 11 is 5.96. The van der Waals surface area contributed by atoms with Gasteiger partial charge in [-0.2, -0.15) is 0 Å². The third-order valence-electron chi connectivity index (χ3n) is 3.85. The van der Waals surface area contributed by atoms with Crippen LogP contribution in [-0.4, -0.2) is 11.1 Å². The molecule has 0 fully saturated rings. The molecule has 100 valence electrons. The van der Waals surface area contributed by atoms with Gasteiger partial charge in [-0.3, -0.25) is 5.32 Å². The van der Waals surface area contributed by atoms with Gasteiger partial charge in [0.2, 0.25) is 0 Å². The Bertz CT molecular complexity index is 774. The van der Waals surface area contributed by atoms with E-state index in [1.54, 1.807) is 0 Å². The van der Waals surface area contributed by atoms with Crippen molar-refractivity contribution >= 4 is 28.6 Å². The summed E-state index contributed by atoms with van der Waals surface area (Å²) in [6.45, 7) is 2.89. The van der Waals surface area contributed by atoms with Crippen LogP contribution < -0.4 is 9.88 Å². The number of hydrogen-bond donors (Lipinski definition) is 1. The molecular formula is C16H15ClN3+. The average molecular weight is 285 g/mol. The molecule has 0 atom stereocenters. The van der Waals surface area contributed by atoms with E-state index in [2.05, 4.69) is 50.8 Å². The summed E-state index contributed by atoms with van der Waals surface area (Å²) in [6, 6.07) is 16.6. The SMILES string of the molecule is Clc1ccc(Cn2c3[n+](c4ccccc42)CCN3)cc1. The Morgan fingerprint density at radius 3 is 2.75 bits per heavy atom. The van der Waals surface area contributed by atoms with Gasteiger partial charge in [-0.25, -0.2) is 9.13 Å². The van der Waals surface area contributed by atoms with Gasteiger partial charge in [-0.05, 0) is 29.8 Å². The van der Waals surface area contributed by atoms with Crippen LogP contribution in [0.5, 0.6) is 0 Å². The van der Waals surface area contributed by atoms with Gasteiger partial charge in [-0.1, -0.05) is 35.9 Å². The van der Waals surface area contributed by atoms with Crippen LogP contribution >= 0.6 is 11.6 Å². The molecule has 2 heterocycles. The predicted octanol–water partition coefficient (Wildman–Crippen LogP) is 3.06. The summed E-state index contributed by atoms with van der Waals surface area (Å²) in [5.74, 6) is 1.20. The van der Waals surface area contributed by atoms with E-state index in [-0.39, 0.29) is 0 Å². The maximum absolute atomic E-state index is 5.96. The van der Waals surface area contributed by atoms with Crippen molar-refractivity contribution in [3.63, 3.8) is 0 Å². The van der Waals surface area contributed by atoms with Crippen LogP contribution in [0.3, 0.4) is 0 Å². The number of halogens is 1. The van der Waals surface area contributed by atoms with Gasteiger partial charge in [-0.15, -0.1) is 0 Å². The highest BCUT2D eigenvalue weighted by atomic mass is 35.5. The standard InChI is InChI=1S/C16H14ClN3/c17-13-7-5-12(6-8-13)11-20-15-4-2-1-3-14(15)19-10-9-18-16(19)20/h1-8H,9-11H2/p+1. The smallest absolute Gasteiger partial charge is 0.274 e. The molecule has 4 rings (SSSR count).